The van der Waals surface area contributed by atoms with Crippen molar-refractivity contribution in [2.45, 2.75) is 45.6 Å². The molecule has 2 N–H and O–H groups in total. The Morgan fingerprint density at radius 3 is 2.47 bits per heavy atom. The zero-order valence-corrected chi connectivity index (χ0v) is 23.0. The van der Waals surface area contributed by atoms with Gasteiger partial charge in [-0.2, -0.15) is 0 Å². The number of carbonyl (C=O) groups is 1. The number of esters is 1. The highest BCUT2D eigenvalue weighted by molar-refractivity contribution is 6.10. The Bertz CT molecular complexity index is 1130. The fourth-order valence-corrected chi connectivity index (χ4v) is 5.14. The average molecular weight is 525 g/mol. The summed E-state index contributed by atoms with van der Waals surface area (Å²) in [4.78, 5) is 19.9. The number of ether oxygens (including phenoxy) is 4. The van der Waals surface area contributed by atoms with Gasteiger partial charge in [-0.25, -0.2) is 9.78 Å². The lowest BCUT2D eigenvalue weighted by Gasteiger charge is -2.36. The minimum atomic E-state index is -0.463. The van der Waals surface area contributed by atoms with Crippen molar-refractivity contribution in [1.82, 2.24) is 4.98 Å². The van der Waals surface area contributed by atoms with E-state index in [9.17, 15) is 10.2 Å². The van der Waals surface area contributed by atoms with E-state index in [-0.39, 0.29) is 18.2 Å². The van der Waals surface area contributed by atoms with Crippen LogP contribution in [0, 0.1) is 17.2 Å². The fraction of sp³-hybridized carbons (Fsp3) is 0.552. The van der Waals surface area contributed by atoms with Crippen LogP contribution < -0.4 is 19.7 Å². The minimum Gasteiger partial charge on any atom is -0.497 e. The van der Waals surface area contributed by atoms with Gasteiger partial charge < -0.3 is 34.6 Å². The third-order valence-corrected chi connectivity index (χ3v) is 7.56. The van der Waals surface area contributed by atoms with E-state index in [1.165, 1.54) is 0 Å². The molecule has 1 aliphatic heterocycles. The highest BCUT2D eigenvalue weighted by Crippen LogP contribution is 2.38. The highest BCUT2D eigenvalue weighted by Gasteiger charge is 2.31. The summed E-state index contributed by atoms with van der Waals surface area (Å²) in [5.41, 5.74) is 3.40. The standard InChI is InChI=1S/C29H40N4O5/c1-5-38-29(34)23-16-24(33-13-11-19(12-14-33)18-35-2)26(27(30)20-7-6-8-20)28(32-23)31-17-21-9-10-22(36-3)15-25(21)37-4/h9-10,15-16,19-20,30H,5-8,11-14,17-18H2,1-4H3,(H,31,32). The number of hydrogen-bond donors (Lipinski definition) is 2. The zero-order valence-electron chi connectivity index (χ0n) is 23.0. The number of rotatable bonds is 12. The number of methoxy groups -OCH3 is 3. The van der Waals surface area contributed by atoms with E-state index in [1.54, 1.807) is 28.3 Å². The van der Waals surface area contributed by atoms with Crippen LogP contribution in [0.3, 0.4) is 0 Å². The van der Waals surface area contributed by atoms with Crippen molar-refractivity contribution >= 4 is 23.2 Å². The zero-order chi connectivity index (χ0) is 27.1. The van der Waals surface area contributed by atoms with Crippen LogP contribution >= 0.6 is 0 Å². The summed E-state index contributed by atoms with van der Waals surface area (Å²) >= 11 is 0. The second-order valence-corrected chi connectivity index (χ2v) is 9.93. The molecule has 1 saturated heterocycles. The summed E-state index contributed by atoms with van der Waals surface area (Å²) in [6.07, 6.45) is 5.11. The normalized spacial score (nSPS) is 16.1. The summed E-state index contributed by atoms with van der Waals surface area (Å²) in [6.45, 7) is 4.87. The Morgan fingerprint density at radius 1 is 1.11 bits per heavy atom. The largest absolute Gasteiger partial charge is 0.497 e. The van der Waals surface area contributed by atoms with Crippen molar-refractivity contribution in [2.75, 3.05) is 57.8 Å². The number of nitrogens with one attached hydrogen (secondary N) is 2. The number of pyridine rings is 1. The van der Waals surface area contributed by atoms with Crippen LogP contribution in [0.2, 0.25) is 0 Å². The number of aromatic nitrogens is 1. The van der Waals surface area contributed by atoms with E-state index in [4.69, 9.17) is 23.9 Å². The van der Waals surface area contributed by atoms with E-state index < -0.39 is 5.97 Å². The summed E-state index contributed by atoms with van der Waals surface area (Å²) in [5.74, 6) is 2.17. The third kappa shape index (κ3) is 6.20. The predicted octanol–water partition coefficient (Wildman–Crippen LogP) is 4.92. The molecule has 9 nitrogen and oxygen atoms in total. The second kappa shape index (κ2) is 13.0. The van der Waals surface area contributed by atoms with Gasteiger partial charge >= 0.3 is 5.97 Å². The molecule has 0 unspecified atom stereocenters. The molecule has 1 saturated carbocycles. The molecule has 38 heavy (non-hydrogen) atoms. The number of carbonyl (C=O) groups excluding carboxylic acids is 1. The Morgan fingerprint density at radius 2 is 1.87 bits per heavy atom. The first-order valence-corrected chi connectivity index (χ1v) is 13.5. The van der Waals surface area contributed by atoms with Gasteiger partial charge in [0.25, 0.3) is 0 Å². The molecule has 1 aliphatic carbocycles. The third-order valence-electron chi connectivity index (χ3n) is 7.56. The van der Waals surface area contributed by atoms with Crippen LogP contribution in [0.1, 0.15) is 60.6 Å². The van der Waals surface area contributed by atoms with Crippen molar-refractivity contribution in [3.8, 4) is 11.5 Å². The van der Waals surface area contributed by atoms with Crippen molar-refractivity contribution < 1.29 is 23.7 Å². The number of anilines is 2. The first kappa shape index (κ1) is 27.7. The van der Waals surface area contributed by atoms with Crippen LogP contribution in [0.4, 0.5) is 11.5 Å². The Kier molecular flexibility index (Phi) is 9.44. The van der Waals surface area contributed by atoms with Gasteiger partial charge in [-0.15, -0.1) is 0 Å². The van der Waals surface area contributed by atoms with Gasteiger partial charge in [-0.05, 0) is 56.7 Å². The van der Waals surface area contributed by atoms with Crippen LogP contribution in [0.15, 0.2) is 24.3 Å². The van der Waals surface area contributed by atoms with Crippen LogP contribution in [-0.4, -0.2) is 64.3 Å². The van der Waals surface area contributed by atoms with Crippen LogP contribution in [0.25, 0.3) is 0 Å². The SMILES string of the molecule is CCOC(=O)c1cc(N2CCC(COC)CC2)c(C(=N)C2CCC2)c(NCc2ccc(OC)cc2OC)n1. The molecular weight excluding hydrogens is 484 g/mol. The molecule has 2 aliphatic rings. The number of benzene rings is 1. The molecule has 206 valence electrons. The van der Waals surface area contributed by atoms with Gasteiger partial charge in [0.15, 0.2) is 5.69 Å². The maximum atomic E-state index is 12.9. The quantitative estimate of drug-likeness (QED) is 0.298. The lowest BCUT2D eigenvalue weighted by Crippen LogP contribution is -2.37. The van der Waals surface area contributed by atoms with E-state index >= 15 is 0 Å². The summed E-state index contributed by atoms with van der Waals surface area (Å²) in [6, 6.07) is 7.48. The maximum Gasteiger partial charge on any atom is 0.357 e. The van der Waals surface area contributed by atoms with E-state index in [0.29, 0.717) is 35.5 Å². The summed E-state index contributed by atoms with van der Waals surface area (Å²) in [7, 11) is 4.99. The predicted molar refractivity (Wildman–Crippen MR) is 148 cm³/mol. The molecule has 0 spiro atoms. The molecule has 2 aromatic rings. The molecule has 9 heteroatoms. The first-order valence-electron chi connectivity index (χ1n) is 13.5. The average Bonchev–Trinajstić information content (AvgIpc) is 2.91. The van der Waals surface area contributed by atoms with E-state index in [2.05, 4.69) is 10.2 Å². The maximum absolute atomic E-state index is 12.9. The second-order valence-electron chi connectivity index (χ2n) is 9.93. The summed E-state index contributed by atoms with van der Waals surface area (Å²) < 4.78 is 21.6. The molecule has 2 heterocycles. The van der Waals surface area contributed by atoms with Gasteiger partial charge in [0.2, 0.25) is 0 Å². The molecular formula is C29H40N4O5. The van der Waals surface area contributed by atoms with Gasteiger partial charge in [-0.1, -0.05) is 6.42 Å². The first-order chi connectivity index (χ1) is 18.5. The molecule has 2 fully saturated rings. The van der Waals surface area contributed by atoms with Crippen molar-refractivity contribution in [3.05, 3.63) is 41.1 Å². The number of hydrogen-bond acceptors (Lipinski definition) is 9. The molecule has 1 aromatic heterocycles. The van der Waals surface area contributed by atoms with Gasteiger partial charge in [0.05, 0.1) is 32.1 Å². The van der Waals surface area contributed by atoms with Gasteiger partial charge in [-0.3, -0.25) is 0 Å². The van der Waals surface area contributed by atoms with Crippen molar-refractivity contribution in [1.29, 1.82) is 5.41 Å². The topological polar surface area (TPSA) is 106 Å². The van der Waals surface area contributed by atoms with E-state index in [0.717, 1.165) is 68.6 Å². The highest BCUT2D eigenvalue weighted by atomic mass is 16.5. The summed E-state index contributed by atoms with van der Waals surface area (Å²) in [5, 5.41) is 12.6. The monoisotopic (exact) mass is 524 g/mol. The number of piperidine rings is 1. The Labute approximate surface area is 225 Å². The van der Waals surface area contributed by atoms with Crippen molar-refractivity contribution in [3.63, 3.8) is 0 Å². The lowest BCUT2D eigenvalue weighted by molar-refractivity contribution is 0.0519. The molecule has 0 radical (unpaired) electrons. The van der Waals surface area contributed by atoms with Gasteiger partial charge in [0.1, 0.15) is 17.3 Å². The smallest absolute Gasteiger partial charge is 0.357 e. The Balaban J connectivity index is 1.73. The number of nitrogens with zero attached hydrogens (tertiary/aromatic N) is 2. The van der Waals surface area contributed by atoms with Crippen LogP contribution in [0.5, 0.6) is 11.5 Å². The molecule has 1 aromatic carbocycles. The molecule has 0 bridgehead atoms. The lowest BCUT2D eigenvalue weighted by atomic mass is 9.79. The minimum absolute atomic E-state index is 0.200. The molecule has 4 rings (SSSR count). The fourth-order valence-electron chi connectivity index (χ4n) is 5.14. The Hall–Kier alpha value is -3.33. The van der Waals surface area contributed by atoms with Crippen molar-refractivity contribution in [2.24, 2.45) is 11.8 Å². The molecule has 0 atom stereocenters. The van der Waals surface area contributed by atoms with Gasteiger partial charge in [0, 0.05) is 56.6 Å². The van der Waals surface area contributed by atoms with E-state index in [1.807, 2.05) is 24.3 Å². The molecule has 0 amide bonds. The van der Waals surface area contributed by atoms with Crippen LogP contribution in [-0.2, 0) is 16.0 Å².